The molecule has 3 saturated heterocycles. The van der Waals surface area contributed by atoms with Crippen LogP contribution >= 0.6 is 11.6 Å². The number of hydroxylamine groups is 2. The van der Waals surface area contributed by atoms with E-state index in [1.54, 1.807) is 16.0 Å². The second-order valence-electron chi connectivity index (χ2n) is 17.8. The van der Waals surface area contributed by atoms with E-state index in [-0.39, 0.29) is 55.3 Å². The van der Waals surface area contributed by atoms with Gasteiger partial charge in [0.15, 0.2) is 12.4 Å². The van der Waals surface area contributed by atoms with E-state index >= 15 is 0 Å². The molecular formula is C44H54ClN11O6. The number of carbonyl (C=O) groups excluding carboxylic acids is 5. The number of carbonyl (C=O) groups is 5. The fraction of sp³-hybridized carbons (Fsp3) is 0.523. The number of rotatable bonds is 11. The van der Waals surface area contributed by atoms with Crippen LogP contribution in [-0.4, -0.2) is 126 Å². The highest BCUT2D eigenvalue weighted by Crippen LogP contribution is 2.53. The number of aromatic nitrogens is 2. The van der Waals surface area contributed by atoms with Crippen molar-refractivity contribution in [3.8, 4) is 0 Å². The maximum atomic E-state index is 13.4. The quantitative estimate of drug-likeness (QED) is 0.234. The van der Waals surface area contributed by atoms with Crippen molar-refractivity contribution in [1.29, 1.82) is 0 Å². The van der Waals surface area contributed by atoms with Crippen LogP contribution < -0.4 is 30.7 Å². The number of hydrogen-bond donors (Lipinski definition) is 3. The average Bonchev–Trinajstić information content (AvgIpc) is 3.59. The van der Waals surface area contributed by atoms with Crippen LogP contribution in [0.15, 0.2) is 42.6 Å². The Morgan fingerprint density at radius 3 is 2.48 bits per heavy atom. The van der Waals surface area contributed by atoms with Crippen LogP contribution in [0, 0.1) is 11.3 Å². The first-order chi connectivity index (χ1) is 29.9. The number of nitrogens with zero attached hydrogens (tertiary/aromatic N) is 8. The number of anilines is 5. The third-order valence-corrected chi connectivity index (χ3v) is 13.8. The molecule has 6 aliphatic rings. The number of fused-ring (bicyclic) bond motifs is 2. The molecule has 2 aromatic carbocycles. The van der Waals surface area contributed by atoms with Crippen LogP contribution in [0.4, 0.5) is 33.6 Å². The van der Waals surface area contributed by atoms with Crippen molar-refractivity contribution in [2.75, 3.05) is 79.5 Å². The summed E-state index contributed by atoms with van der Waals surface area (Å²) in [5, 5.41) is 9.90. The summed E-state index contributed by atoms with van der Waals surface area (Å²) in [6, 6.07) is 10.5. The van der Waals surface area contributed by atoms with Gasteiger partial charge in [0.05, 0.1) is 18.4 Å². The molecule has 3 aromatic rings. The first-order valence-corrected chi connectivity index (χ1v) is 22.1. The van der Waals surface area contributed by atoms with Crippen molar-refractivity contribution < 1.29 is 28.8 Å². The number of piperidine rings is 2. The highest BCUT2D eigenvalue weighted by Gasteiger charge is 2.47. The van der Waals surface area contributed by atoms with Crippen LogP contribution in [0.5, 0.6) is 0 Å². The molecule has 6 amide bonds. The molecule has 1 aromatic heterocycles. The van der Waals surface area contributed by atoms with Gasteiger partial charge in [0.25, 0.3) is 5.91 Å². The van der Waals surface area contributed by atoms with Gasteiger partial charge >= 0.3 is 6.03 Å². The molecule has 4 fully saturated rings. The van der Waals surface area contributed by atoms with E-state index in [0.29, 0.717) is 46.7 Å². The summed E-state index contributed by atoms with van der Waals surface area (Å²) in [5.74, 6) is 0.686. The normalized spacial score (nSPS) is 21.6. The Balaban J connectivity index is 0.759. The van der Waals surface area contributed by atoms with Crippen LogP contribution in [0.25, 0.3) is 0 Å². The summed E-state index contributed by atoms with van der Waals surface area (Å²) < 4.78 is 0. The number of amides is 6. The molecule has 18 heteroatoms. The monoisotopic (exact) mass is 867 g/mol. The molecule has 1 aliphatic carbocycles. The second kappa shape index (κ2) is 17.0. The van der Waals surface area contributed by atoms with Crippen LogP contribution in [-0.2, 0) is 32.3 Å². The molecule has 5 aliphatic heterocycles. The molecule has 0 radical (unpaired) electrons. The molecule has 1 unspecified atom stereocenters. The zero-order valence-corrected chi connectivity index (χ0v) is 36.2. The van der Waals surface area contributed by atoms with E-state index in [2.05, 4.69) is 41.7 Å². The van der Waals surface area contributed by atoms with Gasteiger partial charge in [0.2, 0.25) is 23.7 Å². The summed E-state index contributed by atoms with van der Waals surface area (Å²) in [6.07, 6.45) is 6.88. The zero-order chi connectivity index (χ0) is 43.3. The van der Waals surface area contributed by atoms with Crippen molar-refractivity contribution in [1.82, 2.24) is 35.5 Å². The van der Waals surface area contributed by atoms with Crippen molar-refractivity contribution in [3.05, 3.63) is 64.3 Å². The number of hydrogen-bond acceptors (Lipinski definition) is 12. The first-order valence-electron chi connectivity index (χ1n) is 21.7. The van der Waals surface area contributed by atoms with Crippen molar-refractivity contribution in [3.63, 3.8) is 0 Å². The minimum atomic E-state index is -0.616. The largest absolute Gasteiger partial charge is 0.369 e. The molecule has 1 atom stereocenters. The van der Waals surface area contributed by atoms with E-state index in [1.807, 2.05) is 44.2 Å². The highest BCUT2D eigenvalue weighted by molar-refractivity contribution is 6.33. The number of benzene rings is 2. The van der Waals surface area contributed by atoms with Gasteiger partial charge in [-0.25, -0.2) is 9.78 Å². The van der Waals surface area contributed by atoms with Gasteiger partial charge < -0.3 is 25.3 Å². The Hall–Kier alpha value is -5.52. The number of piperazine rings is 1. The van der Waals surface area contributed by atoms with Gasteiger partial charge in [-0.3, -0.25) is 39.1 Å². The number of imide groups is 1. The van der Waals surface area contributed by atoms with E-state index in [9.17, 15) is 24.0 Å². The molecule has 1 saturated carbocycles. The molecule has 1 spiro atoms. The predicted octanol–water partition coefficient (Wildman–Crippen LogP) is 4.28. The van der Waals surface area contributed by atoms with E-state index in [4.69, 9.17) is 21.4 Å². The molecule has 17 nitrogen and oxygen atoms in total. The Morgan fingerprint density at radius 1 is 0.984 bits per heavy atom. The highest BCUT2D eigenvalue weighted by atomic mass is 35.5. The van der Waals surface area contributed by atoms with Gasteiger partial charge in [-0.15, -0.1) is 0 Å². The number of urea groups is 1. The Kier molecular flexibility index (Phi) is 11.5. The minimum absolute atomic E-state index is 0.134. The molecule has 3 N–H and O–H groups in total. The van der Waals surface area contributed by atoms with E-state index in [0.717, 1.165) is 86.8 Å². The topological polar surface area (TPSA) is 176 Å². The standard InChI is InChI=1S/C44H54ClN11O6/c1-27(2)56-34-8-7-30(19-29(34)24-55(43(56)61)62-26-38(58)46-3)48-39-33(45)22-47-42(50-39)53-13-11-44(12-14-53)20-28(21-44)23-51-15-17-52(18-16-51)35-6-4-5-31-32(35)25-54(41(31)60)36-9-10-37(57)49-40(36)59/h4-8,19,22,27-28,36H,9-18,20-21,23-26H2,1-3H3,(H,46,58)(H,47,48,50)(H,49,57,59). The summed E-state index contributed by atoms with van der Waals surface area (Å²) in [6.45, 7) is 10.7. The van der Waals surface area contributed by atoms with Crippen LogP contribution in [0.3, 0.4) is 0 Å². The summed E-state index contributed by atoms with van der Waals surface area (Å²) >= 11 is 6.63. The first kappa shape index (κ1) is 41.8. The van der Waals surface area contributed by atoms with Gasteiger partial charge in [-0.1, -0.05) is 17.7 Å². The van der Waals surface area contributed by atoms with Gasteiger partial charge in [-0.05, 0) is 87.6 Å². The Labute approximate surface area is 366 Å². The lowest BCUT2D eigenvalue weighted by atomic mass is 9.57. The molecule has 0 bridgehead atoms. The lowest BCUT2D eigenvalue weighted by Gasteiger charge is -2.53. The Morgan fingerprint density at radius 2 is 1.76 bits per heavy atom. The third-order valence-electron chi connectivity index (χ3n) is 13.6. The summed E-state index contributed by atoms with van der Waals surface area (Å²) in [7, 11) is 1.52. The SMILES string of the molecule is CNC(=O)CON1Cc2cc(Nc3nc(N4CCC5(CC4)CC(CN4CCN(c6cccc7c6CN(C6CCC(=O)NC6=O)C7=O)CC4)C5)ncc3Cl)ccc2N(C(C)C)C1=O. The van der Waals surface area contributed by atoms with Crippen molar-refractivity contribution >= 4 is 70.1 Å². The third kappa shape index (κ3) is 8.13. The van der Waals surface area contributed by atoms with Crippen LogP contribution in [0.1, 0.15) is 73.9 Å². The maximum absolute atomic E-state index is 13.4. The van der Waals surface area contributed by atoms with Gasteiger partial charge in [0, 0.05) is 99.9 Å². The van der Waals surface area contributed by atoms with Crippen molar-refractivity contribution in [2.45, 2.75) is 77.5 Å². The number of halogens is 1. The number of nitrogens with one attached hydrogen (secondary N) is 3. The summed E-state index contributed by atoms with van der Waals surface area (Å²) in [5.41, 5.74) is 5.44. The zero-order valence-electron chi connectivity index (χ0n) is 35.5. The summed E-state index contributed by atoms with van der Waals surface area (Å²) in [4.78, 5) is 88.4. The average molecular weight is 868 g/mol. The lowest BCUT2D eigenvalue weighted by Crippen LogP contribution is -2.53. The van der Waals surface area contributed by atoms with Gasteiger partial charge in [0.1, 0.15) is 11.1 Å². The van der Waals surface area contributed by atoms with Crippen molar-refractivity contribution in [2.24, 2.45) is 11.3 Å². The molecule has 9 rings (SSSR count). The smallest absolute Gasteiger partial charge is 0.348 e. The minimum Gasteiger partial charge on any atom is -0.369 e. The number of likely N-dealkylation sites (N-methyl/N-ethyl adjacent to an activating group) is 1. The predicted molar refractivity (Wildman–Crippen MR) is 233 cm³/mol. The fourth-order valence-corrected chi connectivity index (χ4v) is 10.4. The van der Waals surface area contributed by atoms with E-state index < -0.39 is 6.04 Å². The molecule has 62 heavy (non-hydrogen) atoms. The molecule has 328 valence electrons. The lowest BCUT2D eigenvalue weighted by molar-refractivity contribution is -0.151. The fourth-order valence-electron chi connectivity index (χ4n) is 10.3. The maximum Gasteiger partial charge on any atom is 0.348 e. The molecule has 6 heterocycles. The van der Waals surface area contributed by atoms with E-state index in [1.165, 1.54) is 25.0 Å². The van der Waals surface area contributed by atoms with Crippen LogP contribution in [0.2, 0.25) is 5.02 Å². The van der Waals surface area contributed by atoms with Gasteiger partial charge in [-0.2, -0.15) is 10.0 Å². The second-order valence-corrected chi connectivity index (χ2v) is 18.2. The molecular weight excluding hydrogens is 814 g/mol. The Bertz CT molecular complexity index is 2270.